The van der Waals surface area contributed by atoms with Gasteiger partial charge in [0.05, 0.1) is 24.3 Å². The summed E-state index contributed by atoms with van der Waals surface area (Å²) in [5.74, 6) is 0.720. The van der Waals surface area contributed by atoms with Crippen LogP contribution in [0.3, 0.4) is 0 Å². The molecule has 25 heavy (non-hydrogen) atoms. The molecule has 2 aromatic heterocycles. The van der Waals surface area contributed by atoms with Gasteiger partial charge in [0.1, 0.15) is 11.3 Å². The Bertz CT molecular complexity index is 1040. The van der Waals surface area contributed by atoms with Crippen LogP contribution >= 0.6 is 0 Å². The maximum atomic E-state index is 12.4. The summed E-state index contributed by atoms with van der Waals surface area (Å²) in [4.78, 5) is 23.6. The van der Waals surface area contributed by atoms with Crippen LogP contribution in [0.5, 0.6) is 0 Å². The maximum absolute atomic E-state index is 12.4. The molecule has 3 heterocycles. The van der Waals surface area contributed by atoms with E-state index in [9.17, 15) is 4.79 Å². The van der Waals surface area contributed by atoms with Gasteiger partial charge in [-0.2, -0.15) is 4.98 Å². The molecule has 6 nitrogen and oxygen atoms in total. The fourth-order valence-electron chi connectivity index (χ4n) is 3.18. The Labute approximate surface area is 146 Å². The van der Waals surface area contributed by atoms with Crippen molar-refractivity contribution < 1.29 is 4.42 Å². The number of aromatic nitrogens is 3. The van der Waals surface area contributed by atoms with Crippen molar-refractivity contribution in [1.82, 2.24) is 14.5 Å². The smallest absolute Gasteiger partial charge is 0.299 e. The summed E-state index contributed by atoms with van der Waals surface area (Å²) in [5.41, 5.74) is 4.44. The molecule has 0 atom stereocenters. The predicted octanol–water partition coefficient (Wildman–Crippen LogP) is 3.05. The summed E-state index contributed by atoms with van der Waals surface area (Å²) in [6.07, 6.45) is 0. The lowest BCUT2D eigenvalue weighted by Gasteiger charge is -2.18. The van der Waals surface area contributed by atoms with Gasteiger partial charge in [-0.25, -0.2) is 4.98 Å². The molecule has 0 radical (unpaired) electrons. The van der Waals surface area contributed by atoms with Gasteiger partial charge in [-0.05, 0) is 30.0 Å². The van der Waals surface area contributed by atoms with E-state index in [2.05, 4.69) is 42.9 Å². The van der Waals surface area contributed by atoms with Crippen molar-refractivity contribution in [2.75, 3.05) is 4.90 Å². The van der Waals surface area contributed by atoms with Gasteiger partial charge in [-0.15, -0.1) is 0 Å². The summed E-state index contributed by atoms with van der Waals surface area (Å²) in [6.45, 7) is 9.40. The van der Waals surface area contributed by atoms with E-state index in [0.717, 1.165) is 28.2 Å². The monoisotopic (exact) mass is 338 g/mol. The summed E-state index contributed by atoms with van der Waals surface area (Å²) in [5, 5.41) is 0. The third-order valence-corrected chi connectivity index (χ3v) is 4.90. The van der Waals surface area contributed by atoms with Crippen LogP contribution in [-0.2, 0) is 25.6 Å². The zero-order valence-electron chi connectivity index (χ0n) is 15.3. The van der Waals surface area contributed by atoms with Crippen LogP contribution in [-0.4, -0.2) is 14.5 Å². The van der Waals surface area contributed by atoms with Gasteiger partial charge in [-0.1, -0.05) is 26.8 Å². The normalized spacial score (nSPS) is 14.4. The number of hydrogen-bond acceptors (Lipinski definition) is 5. The number of rotatable bonds is 1. The van der Waals surface area contributed by atoms with Gasteiger partial charge in [-0.3, -0.25) is 9.36 Å². The number of fused-ring (bicyclic) bond motifs is 2. The molecule has 1 aromatic carbocycles. The molecule has 0 unspecified atom stereocenters. The Kier molecular flexibility index (Phi) is 3.29. The predicted molar refractivity (Wildman–Crippen MR) is 96.8 cm³/mol. The van der Waals surface area contributed by atoms with Crippen LogP contribution < -0.4 is 10.5 Å². The lowest BCUT2D eigenvalue weighted by molar-refractivity contribution is 0.571. The number of hydrogen-bond donors (Lipinski definition) is 0. The summed E-state index contributed by atoms with van der Waals surface area (Å²) >= 11 is 0. The molecule has 0 spiro atoms. The molecular weight excluding hydrogens is 316 g/mol. The van der Waals surface area contributed by atoms with Crippen LogP contribution in [0.1, 0.15) is 43.4 Å². The first-order valence-electron chi connectivity index (χ1n) is 8.45. The Morgan fingerprint density at radius 1 is 1.16 bits per heavy atom. The third kappa shape index (κ3) is 2.52. The van der Waals surface area contributed by atoms with Crippen LogP contribution in [0.4, 0.5) is 6.01 Å². The molecule has 3 aromatic rings. The standard InChI is InChI=1S/C19H22N4O2/c1-11-20-15-10-23(9-13(15)17(24)22(11)5)18-21-14-8-12(19(2,3)4)6-7-16(14)25-18/h6-8H,9-10H2,1-5H3. The molecule has 0 bridgehead atoms. The number of oxazole rings is 1. The fraction of sp³-hybridized carbons (Fsp3) is 0.421. The first kappa shape index (κ1) is 15.9. The molecule has 4 rings (SSSR count). The second-order valence-corrected chi connectivity index (χ2v) is 7.73. The molecule has 0 saturated carbocycles. The minimum atomic E-state index is 0.0103. The van der Waals surface area contributed by atoms with Crippen molar-refractivity contribution in [1.29, 1.82) is 0 Å². The Morgan fingerprint density at radius 2 is 1.92 bits per heavy atom. The fourth-order valence-corrected chi connectivity index (χ4v) is 3.18. The molecule has 0 saturated heterocycles. The Balaban J connectivity index is 1.72. The number of benzene rings is 1. The van der Waals surface area contributed by atoms with E-state index < -0.39 is 0 Å². The van der Waals surface area contributed by atoms with Crippen LogP contribution in [0.2, 0.25) is 0 Å². The average molecular weight is 338 g/mol. The van der Waals surface area contributed by atoms with Crippen LogP contribution in [0, 0.1) is 6.92 Å². The van der Waals surface area contributed by atoms with Crippen molar-refractivity contribution in [3.8, 4) is 0 Å². The molecule has 0 aliphatic carbocycles. The highest BCUT2D eigenvalue weighted by Gasteiger charge is 2.28. The van der Waals surface area contributed by atoms with Crippen molar-refractivity contribution in [3.05, 3.63) is 51.2 Å². The SMILES string of the molecule is Cc1nc2c(c(=O)n1C)CN(c1nc3cc(C(C)(C)C)ccc3o1)C2. The van der Waals surface area contributed by atoms with Crippen molar-refractivity contribution >= 4 is 17.1 Å². The number of aryl methyl sites for hydroxylation is 1. The Hall–Kier alpha value is -2.63. The van der Waals surface area contributed by atoms with Gasteiger partial charge in [0.2, 0.25) is 0 Å². The number of anilines is 1. The molecule has 1 aliphatic heterocycles. The van der Waals surface area contributed by atoms with E-state index >= 15 is 0 Å². The highest BCUT2D eigenvalue weighted by molar-refractivity contribution is 5.76. The van der Waals surface area contributed by atoms with Gasteiger partial charge >= 0.3 is 0 Å². The molecule has 1 aliphatic rings. The van der Waals surface area contributed by atoms with E-state index in [1.807, 2.05) is 17.9 Å². The van der Waals surface area contributed by atoms with Gasteiger partial charge in [0.15, 0.2) is 5.58 Å². The van der Waals surface area contributed by atoms with E-state index in [4.69, 9.17) is 4.42 Å². The van der Waals surface area contributed by atoms with Crippen molar-refractivity contribution in [2.24, 2.45) is 7.05 Å². The maximum Gasteiger partial charge on any atom is 0.299 e. The largest absolute Gasteiger partial charge is 0.423 e. The molecule has 0 amide bonds. The number of nitrogens with zero attached hydrogens (tertiary/aromatic N) is 4. The molecule has 0 fully saturated rings. The van der Waals surface area contributed by atoms with Crippen LogP contribution in [0.15, 0.2) is 27.4 Å². The lowest BCUT2D eigenvalue weighted by Crippen LogP contribution is -2.25. The first-order valence-corrected chi connectivity index (χ1v) is 8.45. The summed E-state index contributed by atoms with van der Waals surface area (Å²) in [7, 11) is 1.75. The van der Waals surface area contributed by atoms with Gasteiger partial charge in [0.25, 0.3) is 11.6 Å². The quantitative estimate of drug-likeness (QED) is 0.682. The molecule has 130 valence electrons. The van der Waals surface area contributed by atoms with E-state index in [1.165, 1.54) is 5.56 Å². The minimum absolute atomic E-state index is 0.0103. The molecule has 0 N–H and O–H groups in total. The lowest BCUT2D eigenvalue weighted by atomic mass is 9.87. The third-order valence-electron chi connectivity index (χ3n) is 4.90. The minimum Gasteiger partial charge on any atom is -0.423 e. The Morgan fingerprint density at radius 3 is 2.64 bits per heavy atom. The highest BCUT2D eigenvalue weighted by atomic mass is 16.4. The second-order valence-electron chi connectivity index (χ2n) is 7.73. The average Bonchev–Trinajstić information content (AvgIpc) is 3.14. The summed E-state index contributed by atoms with van der Waals surface area (Å²) in [6, 6.07) is 6.67. The van der Waals surface area contributed by atoms with Crippen LogP contribution in [0.25, 0.3) is 11.1 Å². The van der Waals surface area contributed by atoms with Crippen molar-refractivity contribution in [3.63, 3.8) is 0 Å². The summed E-state index contributed by atoms with van der Waals surface area (Å²) < 4.78 is 7.52. The van der Waals surface area contributed by atoms with E-state index in [0.29, 0.717) is 19.1 Å². The first-order chi connectivity index (χ1) is 11.7. The van der Waals surface area contributed by atoms with E-state index in [1.54, 1.807) is 11.6 Å². The van der Waals surface area contributed by atoms with Gasteiger partial charge in [0, 0.05) is 7.05 Å². The van der Waals surface area contributed by atoms with Crippen molar-refractivity contribution in [2.45, 2.75) is 46.2 Å². The van der Waals surface area contributed by atoms with Gasteiger partial charge < -0.3 is 9.32 Å². The molecule has 6 heteroatoms. The highest BCUT2D eigenvalue weighted by Crippen LogP contribution is 2.31. The second kappa shape index (κ2) is 5.18. The molecular formula is C19H22N4O2. The van der Waals surface area contributed by atoms with E-state index in [-0.39, 0.29) is 11.0 Å². The zero-order chi connectivity index (χ0) is 17.9. The topological polar surface area (TPSA) is 64.2 Å². The zero-order valence-corrected chi connectivity index (χ0v) is 15.3.